The fourth-order valence-electron chi connectivity index (χ4n) is 5.08. The highest BCUT2D eigenvalue weighted by Crippen LogP contribution is 2.39. The van der Waals surface area contributed by atoms with E-state index in [1.807, 2.05) is 31.2 Å². The number of nitrogens with zero attached hydrogens (tertiary/aromatic N) is 3. The molecule has 0 amide bonds. The lowest BCUT2D eigenvalue weighted by Crippen LogP contribution is -2.07. The van der Waals surface area contributed by atoms with Gasteiger partial charge in [0, 0.05) is 28.5 Å². The number of nitrogens with two attached hydrogens (primary N) is 1. The molecule has 43 heavy (non-hydrogen) atoms. The molecule has 1 aliphatic rings. The van der Waals surface area contributed by atoms with Crippen LogP contribution in [0.1, 0.15) is 45.7 Å². The van der Waals surface area contributed by atoms with Crippen molar-refractivity contribution >= 4 is 28.3 Å². The Morgan fingerprint density at radius 1 is 1.09 bits per heavy atom. The molecular formula is C31H28F2N4O4S2. The van der Waals surface area contributed by atoms with E-state index in [0.29, 0.717) is 39.9 Å². The standard InChI is InChI=1S/C31H26F2N4O3S2.H2O/c1-17-3-2-4-20(11-17)22-15-21(8-9-24(22)32)29-23(12-19-7-10-28(42(34)40)25(33)13-19)27(14-18-5-6-18)37(36-29)31-35-26(16-41-31)30(38)39;/h2-4,7-11,13,15-16,18H,5-6,12,14H2,1H3,(H2,34,40)(H,38,39);1H2. The predicted octanol–water partition coefficient (Wildman–Crippen LogP) is 6.24. The van der Waals surface area contributed by atoms with Crippen LogP contribution in [0.15, 0.2) is 70.9 Å². The molecule has 0 bridgehead atoms. The van der Waals surface area contributed by atoms with Crippen LogP contribution in [-0.2, 0) is 28.0 Å². The molecule has 1 aliphatic carbocycles. The van der Waals surface area contributed by atoms with Crippen molar-refractivity contribution in [1.29, 1.82) is 0 Å². The topological polar surface area (TPSA) is 141 Å². The first-order valence-corrected chi connectivity index (χ1v) is 15.6. The fourth-order valence-corrected chi connectivity index (χ4v) is 6.34. The number of carboxylic acid groups (broad SMARTS) is 1. The predicted molar refractivity (Wildman–Crippen MR) is 161 cm³/mol. The van der Waals surface area contributed by atoms with Gasteiger partial charge < -0.3 is 10.6 Å². The molecule has 0 saturated heterocycles. The van der Waals surface area contributed by atoms with E-state index >= 15 is 4.39 Å². The van der Waals surface area contributed by atoms with Gasteiger partial charge >= 0.3 is 5.97 Å². The number of hydrogen-bond donors (Lipinski definition) is 2. The third-order valence-corrected chi connectivity index (χ3v) is 9.01. The second kappa shape index (κ2) is 12.3. The van der Waals surface area contributed by atoms with Crippen LogP contribution in [0.3, 0.4) is 0 Å². The summed E-state index contributed by atoms with van der Waals surface area (Å²) in [5.41, 5.74) is 5.57. The molecule has 1 atom stereocenters. The molecule has 5 aromatic rings. The Hall–Kier alpha value is -4.10. The van der Waals surface area contributed by atoms with Crippen molar-refractivity contribution in [2.45, 2.75) is 37.5 Å². The van der Waals surface area contributed by atoms with Gasteiger partial charge in [0.1, 0.15) is 5.82 Å². The summed E-state index contributed by atoms with van der Waals surface area (Å²) in [4.78, 5) is 15.9. The Labute approximate surface area is 252 Å². The number of benzene rings is 3. The first kappa shape index (κ1) is 30.4. The summed E-state index contributed by atoms with van der Waals surface area (Å²) in [7, 11) is -2.33. The normalized spacial score (nSPS) is 13.5. The van der Waals surface area contributed by atoms with E-state index in [1.54, 1.807) is 22.9 Å². The Balaban J connectivity index is 0.00000368. The number of thiol groups is 1. The van der Waals surface area contributed by atoms with Crippen LogP contribution in [0.5, 0.6) is 0 Å². The number of carboxylic acids is 1. The summed E-state index contributed by atoms with van der Waals surface area (Å²) in [6, 6.07) is 16.9. The molecule has 8 nitrogen and oxygen atoms in total. The lowest BCUT2D eigenvalue weighted by atomic mass is 9.94. The highest BCUT2D eigenvalue weighted by molar-refractivity contribution is 7.82. The molecule has 1 fully saturated rings. The maximum absolute atomic E-state index is 15.1. The van der Waals surface area contributed by atoms with Gasteiger partial charge in [-0.15, -0.1) is 16.5 Å². The number of thiazole rings is 1. The van der Waals surface area contributed by atoms with Crippen molar-refractivity contribution < 1.29 is 28.4 Å². The van der Waals surface area contributed by atoms with Crippen LogP contribution in [0, 0.1) is 24.5 Å². The number of carbonyl (C=O) groups is 1. The van der Waals surface area contributed by atoms with Gasteiger partial charge in [-0.1, -0.05) is 40.1 Å². The lowest BCUT2D eigenvalue weighted by molar-refractivity contribution is 0.0691. The van der Waals surface area contributed by atoms with Crippen LogP contribution < -0.4 is 5.14 Å². The first-order chi connectivity index (χ1) is 20.2. The zero-order valence-corrected chi connectivity index (χ0v) is 24.7. The monoisotopic (exact) mass is 622 g/mol. The smallest absolute Gasteiger partial charge is 0.355 e. The molecule has 0 radical (unpaired) electrons. The molecule has 4 N–H and O–H groups in total. The van der Waals surface area contributed by atoms with E-state index in [2.05, 4.69) is 4.98 Å². The van der Waals surface area contributed by atoms with Gasteiger partial charge in [0.2, 0.25) is 10.0 Å². The second-order valence-electron chi connectivity index (χ2n) is 10.5. The molecule has 3 aromatic carbocycles. The Kier molecular flexibility index (Phi) is 8.65. The lowest BCUT2D eigenvalue weighted by Gasteiger charge is -2.10. The van der Waals surface area contributed by atoms with E-state index < -0.39 is 22.8 Å². The van der Waals surface area contributed by atoms with Crippen molar-refractivity contribution in [2.75, 3.05) is 0 Å². The zero-order chi connectivity index (χ0) is 29.5. The maximum atomic E-state index is 15.1. The van der Waals surface area contributed by atoms with Crippen LogP contribution >= 0.6 is 11.3 Å². The van der Waals surface area contributed by atoms with E-state index in [-0.39, 0.29) is 28.3 Å². The molecule has 2 heterocycles. The summed E-state index contributed by atoms with van der Waals surface area (Å²) in [5.74, 6) is -1.72. The summed E-state index contributed by atoms with van der Waals surface area (Å²) in [6.45, 7) is 1.94. The highest BCUT2D eigenvalue weighted by Gasteiger charge is 2.30. The summed E-state index contributed by atoms with van der Waals surface area (Å²) in [6.07, 6.45) is 3.06. The Morgan fingerprint density at radius 2 is 1.88 bits per heavy atom. The van der Waals surface area contributed by atoms with Crippen LogP contribution in [0.2, 0.25) is 0 Å². The number of rotatable bonds is 9. The molecule has 1 saturated carbocycles. The third-order valence-electron chi connectivity index (χ3n) is 7.36. The molecule has 1 unspecified atom stereocenters. The van der Waals surface area contributed by atoms with Gasteiger partial charge in [0.25, 0.3) is 0 Å². The Morgan fingerprint density at radius 3 is 2.53 bits per heavy atom. The Bertz CT molecular complexity index is 1870. The van der Waals surface area contributed by atoms with Crippen LogP contribution in [0.25, 0.3) is 27.5 Å². The molecule has 222 valence electrons. The van der Waals surface area contributed by atoms with Gasteiger partial charge in [-0.25, -0.2) is 23.2 Å². The highest BCUT2D eigenvalue weighted by atomic mass is 32.2. The molecule has 12 heteroatoms. The second-order valence-corrected chi connectivity index (χ2v) is 12.5. The SMILES string of the molecule is Cc1cccc(-c2cc(-c3nn(-c4nc(C(=O)O)cs4)c(CC4CC4)c3Cc3ccc([SH+](N)=O)c(F)c3)ccc2F)c1.[OH-]. The third kappa shape index (κ3) is 6.32. The molecule has 6 rings (SSSR count). The van der Waals surface area contributed by atoms with Crippen molar-refractivity contribution in [3.05, 3.63) is 106 Å². The molecule has 2 aromatic heterocycles. The van der Waals surface area contributed by atoms with Gasteiger partial charge in [-0.05, 0) is 73.6 Å². The summed E-state index contributed by atoms with van der Waals surface area (Å²) in [5, 5.41) is 21.8. The van der Waals surface area contributed by atoms with E-state index in [1.165, 1.54) is 34.9 Å². The minimum atomic E-state index is -2.33. The van der Waals surface area contributed by atoms with E-state index in [9.17, 15) is 18.5 Å². The van der Waals surface area contributed by atoms with E-state index in [4.69, 9.17) is 10.2 Å². The molecular weight excluding hydrogens is 594 g/mol. The van der Waals surface area contributed by atoms with Crippen LogP contribution in [0.4, 0.5) is 8.78 Å². The molecule has 0 spiro atoms. The summed E-state index contributed by atoms with van der Waals surface area (Å²) < 4.78 is 43.4. The quantitative estimate of drug-likeness (QED) is 0.147. The van der Waals surface area contributed by atoms with Gasteiger partial charge in [0.15, 0.2) is 22.5 Å². The average Bonchev–Trinajstić information content (AvgIpc) is 3.51. The molecule has 0 aliphatic heterocycles. The maximum Gasteiger partial charge on any atom is 0.355 e. The van der Waals surface area contributed by atoms with Crippen molar-refractivity contribution in [2.24, 2.45) is 11.1 Å². The minimum absolute atomic E-state index is 0. The van der Waals surface area contributed by atoms with Crippen molar-refractivity contribution in [3.8, 4) is 27.5 Å². The zero-order valence-electron chi connectivity index (χ0n) is 23.0. The average molecular weight is 623 g/mol. The number of aryl methyl sites for hydroxylation is 1. The van der Waals surface area contributed by atoms with Crippen molar-refractivity contribution in [3.63, 3.8) is 0 Å². The number of halogens is 2. The summed E-state index contributed by atoms with van der Waals surface area (Å²) >= 11 is 1.17. The largest absolute Gasteiger partial charge is 0.870 e. The van der Waals surface area contributed by atoms with E-state index in [0.717, 1.165) is 35.2 Å². The minimum Gasteiger partial charge on any atom is -0.870 e. The fraction of sp³-hybridized carbons (Fsp3) is 0.194. The van der Waals surface area contributed by atoms with Crippen LogP contribution in [-0.4, -0.2) is 31.3 Å². The number of hydrogen-bond acceptors (Lipinski definition) is 6. The number of aromatic nitrogens is 3. The van der Waals surface area contributed by atoms with Gasteiger partial charge in [-0.2, -0.15) is 5.10 Å². The number of aromatic carboxylic acids is 1. The van der Waals surface area contributed by atoms with Gasteiger partial charge in [-0.3, -0.25) is 0 Å². The van der Waals surface area contributed by atoms with Gasteiger partial charge in [0.05, 0.1) is 11.4 Å². The first-order valence-electron chi connectivity index (χ1n) is 13.3. The van der Waals surface area contributed by atoms with Crippen molar-refractivity contribution in [1.82, 2.24) is 14.8 Å².